The highest BCUT2D eigenvalue weighted by Gasteiger charge is 2.54. The molecule has 0 saturated carbocycles. The Hall–Kier alpha value is -2.61. The molecule has 13 N–H and O–H groups in total. The van der Waals surface area contributed by atoms with E-state index in [0.29, 0.717) is 12.8 Å². The zero-order chi connectivity index (χ0) is 47.7. The van der Waals surface area contributed by atoms with Crippen molar-refractivity contribution in [3.8, 4) is 0 Å². The van der Waals surface area contributed by atoms with Gasteiger partial charge in [-0.25, -0.2) is 4.57 Å². The average molecular weight is 954 g/mol. The second kappa shape index (κ2) is 27.3. The van der Waals surface area contributed by atoms with E-state index in [0.717, 1.165) is 13.8 Å². The molecule has 0 aromatic rings. The van der Waals surface area contributed by atoms with E-state index in [-0.39, 0.29) is 44.9 Å². The Kier molecular flexibility index (Phi) is 23.7. The smallest absolute Gasteiger partial charge is 0.462 e. The molecule has 3 rings (SSSR count). The number of phosphoric acid groups is 1. The molecule has 0 aliphatic carbocycles. The van der Waals surface area contributed by atoms with Gasteiger partial charge in [0.1, 0.15) is 67.6 Å². The summed E-state index contributed by atoms with van der Waals surface area (Å²) in [7, 11) is -4.62. The molecule has 0 bridgehead atoms. The molecule has 0 aromatic heterocycles. The average Bonchev–Trinajstić information content (AvgIpc) is 3.24. The van der Waals surface area contributed by atoms with E-state index < -0.39 is 157 Å². The van der Waals surface area contributed by atoms with Gasteiger partial charge in [-0.1, -0.05) is 0 Å². The maximum absolute atomic E-state index is 12.5. The van der Waals surface area contributed by atoms with Crippen molar-refractivity contribution < 1.29 is 116 Å². The molecule has 3 saturated heterocycles. The Morgan fingerprint density at radius 2 is 1.27 bits per heavy atom. The van der Waals surface area contributed by atoms with Crippen LogP contribution in [-0.4, -0.2) is 220 Å². The highest BCUT2D eigenvalue weighted by atomic mass is 31.2. The number of rotatable bonds is 26. The fraction of sp³-hybridized carbons (Fsp3) is 0.889. The van der Waals surface area contributed by atoms with Gasteiger partial charge in [0.2, 0.25) is 11.8 Å². The molecule has 0 aromatic carbocycles. The van der Waals surface area contributed by atoms with E-state index in [2.05, 4.69) is 10.6 Å². The lowest BCUT2D eigenvalue weighted by molar-refractivity contribution is -0.384. The van der Waals surface area contributed by atoms with Crippen molar-refractivity contribution in [2.24, 2.45) is 5.73 Å². The van der Waals surface area contributed by atoms with Gasteiger partial charge in [-0.05, 0) is 26.2 Å². The minimum atomic E-state index is -4.62. The lowest BCUT2D eigenvalue weighted by atomic mass is 9.95. The second-order valence-electron chi connectivity index (χ2n) is 15.1. The number of hydrogen-bond donors (Lipinski definition) is 12. The number of aliphatic hydroxyl groups is 8. The van der Waals surface area contributed by atoms with Crippen molar-refractivity contribution in [2.45, 2.75) is 151 Å². The molecular weight excluding hydrogens is 889 g/mol. The predicted octanol–water partition coefficient (Wildman–Crippen LogP) is -5.74. The number of ether oxygens (including phenoxy) is 8. The van der Waals surface area contributed by atoms with Crippen LogP contribution in [0.1, 0.15) is 52.9 Å². The minimum Gasteiger partial charge on any atom is -0.462 e. The topological polar surface area (TPSA) is 410 Å². The number of aliphatic hydroxyl groups excluding tert-OH is 8. The zero-order valence-corrected chi connectivity index (χ0v) is 36.5. The quantitative estimate of drug-likeness (QED) is 0.0218. The summed E-state index contributed by atoms with van der Waals surface area (Å²) in [5.41, 5.74) is 6.06. The first-order valence-corrected chi connectivity index (χ1v) is 22.1. The van der Waals surface area contributed by atoms with Crippen LogP contribution in [0.4, 0.5) is 0 Å². The summed E-state index contributed by atoms with van der Waals surface area (Å²) >= 11 is 0. The lowest BCUT2D eigenvalue weighted by Gasteiger charge is -2.49. The van der Waals surface area contributed by atoms with Gasteiger partial charge in [0.15, 0.2) is 25.0 Å². The monoisotopic (exact) mass is 953 g/mol. The number of amides is 2. The fourth-order valence-corrected chi connectivity index (χ4v) is 7.26. The first kappa shape index (κ1) is 55.7. The van der Waals surface area contributed by atoms with Crippen molar-refractivity contribution in [2.75, 3.05) is 52.7 Å². The maximum atomic E-state index is 12.5. The molecule has 0 spiro atoms. The summed E-state index contributed by atoms with van der Waals surface area (Å²) in [6.07, 6.45) is -22.0. The Labute approximate surface area is 367 Å². The van der Waals surface area contributed by atoms with Gasteiger partial charge in [-0.2, -0.15) is 0 Å². The molecule has 3 aliphatic heterocycles. The summed E-state index contributed by atoms with van der Waals surface area (Å²) in [5, 5.41) is 88.2. The molecule has 372 valence electrons. The Balaban J connectivity index is 1.45. The van der Waals surface area contributed by atoms with Crippen molar-refractivity contribution in [3.63, 3.8) is 0 Å². The molecule has 2 amide bonds. The van der Waals surface area contributed by atoms with Gasteiger partial charge in [0.05, 0.1) is 45.2 Å². The SMILES string of the molecule is CC(=O)OCC(COP(=O)(O)OCCNC(=O)CCCCC(=O)NCCCO[C@@H]1OC(CO)[C@H](O)C(O[C@@H]2OC(CO)[C@H](O)[C@H](O)C2N)[C@@H]1O[C@@H]1OC(C)[C@@H](O)C(O)[C@@H]1O)OC(C)=O. The van der Waals surface area contributed by atoms with Gasteiger partial charge in [0, 0.05) is 39.8 Å². The highest BCUT2D eigenvalue weighted by Crippen LogP contribution is 2.43. The third-order valence-electron chi connectivity index (χ3n) is 10.0. The summed E-state index contributed by atoms with van der Waals surface area (Å²) in [6.45, 7) is 0.456. The molecular formula is C36H64N3O24P. The van der Waals surface area contributed by atoms with Gasteiger partial charge >= 0.3 is 19.8 Å². The van der Waals surface area contributed by atoms with Crippen molar-refractivity contribution >= 4 is 31.6 Å². The number of unbranched alkanes of at least 4 members (excludes halogenated alkanes) is 1. The van der Waals surface area contributed by atoms with E-state index in [4.69, 9.17) is 52.7 Å². The van der Waals surface area contributed by atoms with E-state index in [1.807, 2.05) is 0 Å². The minimum absolute atomic E-state index is 0.0260. The van der Waals surface area contributed by atoms with Gasteiger partial charge < -0.3 is 100 Å². The van der Waals surface area contributed by atoms with E-state index in [1.54, 1.807) is 0 Å². The van der Waals surface area contributed by atoms with Crippen LogP contribution < -0.4 is 16.4 Å². The predicted molar refractivity (Wildman–Crippen MR) is 209 cm³/mol. The number of nitrogens with two attached hydrogens (primary N) is 1. The van der Waals surface area contributed by atoms with Crippen molar-refractivity contribution in [3.05, 3.63) is 0 Å². The largest absolute Gasteiger partial charge is 0.472 e. The maximum Gasteiger partial charge on any atom is 0.472 e. The molecule has 3 aliphatic rings. The van der Waals surface area contributed by atoms with Crippen molar-refractivity contribution in [1.82, 2.24) is 10.6 Å². The Bertz CT molecular complexity index is 1500. The Morgan fingerprint density at radius 3 is 1.88 bits per heavy atom. The molecule has 64 heavy (non-hydrogen) atoms. The highest BCUT2D eigenvalue weighted by molar-refractivity contribution is 7.47. The van der Waals surface area contributed by atoms with E-state index in [1.165, 1.54) is 6.92 Å². The number of carbonyl (C=O) groups is 4. The first-order chi connectivity index (χ1) is 30.2. The lowest BCUT2D eigenvalue weighted by Crippen LogP contribution is -2.68. The normalized spacial score (nSPS) is 34.5. The number of carbonyl (C=O) groups excluding carboxylic acids is 4. The molecule has 28 heteroatoms. The van der Waals surface area contributed by atoms with Crippen LogP contribution in [0.15, 0.2) is 0 Å². The molecule has 0 radical (unpaired) electrons. The summed E-state index contributed by atoms with van der Waals surface area (Å²) in [5.74, 6) is -2.18. The summed E-state index contributed by atoms with van der Waals surface area (Å²) in [4.78, 5) is 56.7. The van der Waals surface area contributed by atoms with Crippen LogP contribution in [0.3, 0.4) is 0 Å². The number of hydrogen-bond acceptors (Lipinski definition) is 24. The molecule has 3 heterocycles. The van der Waals surface area contributed by atoms with Crippen LogP contribution >= 0.6 is 7.82 Å². The van der Waals surface area contributed by atoms with Gasteiger partial charge in [0.25, 0.3) is 0 Å². The molecule has 27 nitrogen and oxygen atoms in total. The van der Waals surface area contributed by atoms with Crippen molar-refractivity contribution in [1.29, 1.82) is 0 Å². The molecule has 3 fully saturated rings. The number of nitrogens with one attached hydrogen (secondary N) is 2. The summed E-state index contributed by atoms with van der Waals surface area (Å²) < 4.78 is 66.0. The third kappa shape index (κ3) is 17.6. The van der Waals surface area contributed by atoms with Crippen LogP contribution in [0, 0.1) is 0 Å². The molecule has 17 atom stereocenters. The zero-order valence-electron chi connectivity index (χ0n) is 35.6. The van der Waals surface area contributed by atoms with Crippen LogP contribution in [0.2, 0.25) is 0 Å². The fourth-order valence-electron chi connectivity index (χ4n) is 6.51. The van der Waals surface area contributed by atoms with Gasteiger partial charge in [-0.3, -0.25) is 28.2 Å². The number of esters is 2. The van der Waals surface area contributed by atoms with Crippen LogP contribution in [0.25, 0.3) is 0 Å². The molecule has 8 unspecified atom stereocenters. The standard InChI is InChI=1S/C36H64N3O24P/c1-17-26(46)30(50)31(51)35(58-17)63-33-32(62-34-25(37)29(49)27(47)21(13-40)60-34)28(48)22(14-41)61-36(33)54-11-6-9-38-23(44)7-4-5-8-24(45)39-10-12-56-64(52,53)57-16-20(59-19(3)43)15-55-18(2)42/h17,20-22,25-36,40-41,46-51H,4-16,37H2,1-3H3,(H,38,44)(H,39,45)(H,52,53)/t17?,20?,21?,22?,25?,26-,27+,28+,29-,30?,31+,32?,33+,34+,35+,36-/m1/s1. The van der Waals surface area contributed by atoms with E-state index in [9.17, 15) is 69.5 Å². The first-order valence-electron chi connectivity index (χ1n) is 20.6. The van der Waals surface area contributed by atoms with Crippen LogP contribution in [-0.2, 0) is 70.7 Å². The van der Waals surface area contributed by atoms with E-state index >= 15 is 0 Å². The summed E-state index contributed by atoms with van der Waals surface area (Å²) in [6, 6.07) is -1.43. The van der Waals surface area contributed by atoms with Crippen LogP contribution in [0.5, 0.6) is 0 Å². The Morgan fingerprint density at radius 1 is 0.672 bits per heavy atom. The number of phosphoric ester groups is 1. The van der Waals surface area contributed by atoms with Gasteiger partial charge in [-0.15, -0.1) is 0 Å². The second-order valence-corrected chi connectivity index (χ2v) is 16.6. The third-order valence-corrected chi connectivity index (χ3v) is 11.0.